The molecule has 2 aromatic heterocycles. The van der Waals surface area contributed by atoms with Gasteiger partial charge in [0, 0.05) is 11.9 Å². The fourth-order valence-corrected chi connectivity index (χ4v) is 4.14. The van der Waals surface area contributed by atoms with E-state index in [0.717, 1.165) is 28.6 Å². The van der Waals surface area contributed by atoms with E-state index >= 15 is 0 Å². The maximum atomic E-state index is 5.97. The molecule has 0 bridgehead atoms. The number of nitrogens with zero attached hydrogens (tertiary/aromatic N) is 2. The van der Waals surface area contributed by atoms with Crippen LogP contribution in [-0.2, 0) is 0 Å². The lowest BCUT2D eigenvalue weighted by Crippen LogP contribution is -2.29. The second-order valence-electron chi connectivity index (χ2n) is 7.42. The van der Waals surface area contributed by atoms with Crippen LogP contribution in [-0.4, -0.2) is 10.1 Å². The minimum atomic E-state index is -0.152. The van der Waals surface area contributed by atoms with E-state index in [1.165, 1.54) is 5.56 Å². The molecule has 2 aromatic carbocycles. The van der Waals surface area contributed by atoms with Crippen molar-refractivity contribution in [1.29, 1.82) is 0 Å². The molecule has 0 spiro atoms. The highest BCUT2D eigenvalue weighted by atomic mass is 32.1. The van der Waals surface area contributed by atoms with Gasteiger partial charge in [0.1, 0.15) is 23.3 Å². The molecule has 154 valence electrons. The minimum Gasteiger partial charge on any atom is -0.467 e. The van der Waals surface area contributed by atoms with Gasteiger partial charge in [-0.1, -0.05) is 23.8 Å². The molecule has 4 aromatic rings. The topological polar surface area (TPSA) is 50.5 Å². The Labute approximate surface area is 186 Å². The summed E-state index contributed by atoms with van der Waals surface area (Å²) in [6.45, 7) is 2.05. The molecule has 31 heavy (non-hydrogen) atoms. The molecular formula is C25H21N3O2S. The Hall–Kier alpha value is -3.64. The van der Waals surface area contributed by atoms with Gasteiger partial charge < -0.3 is 19.4 Å². The standard InChI is InChI=1S/C25H21N3O2S/c1-17-7-11-19(12-8-17)30-20-13-9-18(10-14-20)28-24(22-6-4-16-29-22)23(27-25(28)31)21-5-2-3-15-26-21/h2-16,23-24H,1H3,(H,27,31)/t23-,24-/m1/s1. The van der Waals surface area contributed by atoms with Gasteiger partial charge >= 0.3 is 0 Å². The van der Waals surface area contributed by atoms with Crippen molar-refractivity contribution in [3.8, 4) is 11.5 Å². The molecule has 1 aliphatic heterocycles. The number of benzene rings is 2. The molecule has 0 radical (unpaired) electrons. The van der Waals surface area contributed by atoms with Gasteiger partial charge in [0.15, 0.2) is 5.11 Å². The summed E-state index contributed by atoms with van der Waals surface area (Å²) in [5, 5.41) is 4.05. The second-order valence-corrected chi connectivity index (χ2v) is 7.81. The first-order valence-corrected chi connectivity index (χ1v) is 10.5. The smallest absolute Gasteiger partial charge is 0.174 e. The Bertz CT molecular complexity index is 1160. The van der Waals surface area contributed by atoms with Crippen LogP contribution in [0.4, 0.5) is 5.69 Å². The highest BCUT2D eigenvalue weighted by Crippen LogP contribution is 2.42. The lowest BCUT2D eigenvalue weighted by Gasteiger charge is -2.26. The molecule has 3 heterocycles. The van der Waals surface area contributed by atoms with Crippen molar-refractivity contribution in [3.63, 3.8) is 0 Å². The summed E-state index contributed by atoms with van der Waals surface area (Å²) in [6, 6.07) is 25.4. The Morgan fingerprint density at radius 3 is 2.32 bits per heavy atom. The summed E-state index contributed by atoms with van der Waals surface area (Å²) in [5.74, 6) is 2.39. The number of aryl methyl sites for hydroxylation is 1. The van der Waals surface area contributed by atoms with Crippen molar-refractivity contribution in [2.45, 2.75) is 19.0 Å². The molecule has 6 heteroatoms. The van der Waals surface area contributed by atoms with E-state index in [0.29, 0.717) is 5.11 Å². The number of hydrogen-bond acceptors (Lipinski definition) is 4. The maximum absolute atomic E-state index is 5.97. The molecule has 1 aliphatic rings. The second kappa shape index (κ2) is 8.24. The number of furan rings is 1. The average molecular weight is 428 g/mol. The van der Waals surface area contributed by atoms with E-state index in [9.17, 15) is 0 Å². The van der Waals surface area contributed by atoms with Crippen molar-refractivity contribution in [1.82, 2.24) is 10.3 Å². The molecule has 0 saturated carbocycles. The van der Waals surface area contributed by atoms with E-state index in [4.69, 9.17) is 21.4 Å². The molecule has 2 atom stereocenters. The first-order valence-electron chi connectivity index (χ1n) is 10.1. The summed E-state index contributed by atoms with van der Waals surface area (Å²) in [4.78, 5) is 6.61. The molecule has 1 fully saturated rings. The number of thiocarbonyl (C=S) groups is 1. The van der Waals surface area contributed by atoms with Crippen LogP contribution in [0.5, 0.6) is 11.5 Å². The predicted octanol–water partition coefficient (Wildman–Crippen LogP) is 5.95. The molecule has 0 amide bonds. The number of rotatable bonds is 5. The minimum absolute atomic E-state index is 0.122. The van der Waals surface area contributed by atoms with Gasteiger partial charge in [0.2, 0.25) is 0 Å². The van der Waals surface area contributed by atoms with Gasteiger partial charge in [-0.25, -0.2) is 0 Å². The van der Waals surface area contributed by atoms with Crippen molar-refractivity contribution in [2.24, 2.45) is 0 Å². The van der Waals surface area contributed by atoms with Crippen molar-refractivity contribution >= 4 is 23.0 Å². The van der Waals surface area contributed by atoms with Crippen LogP contribution in [0.1, 0.15) is 29.1 Å². The van der Waals surface area contributed by atoms with Crippen molar-refractivity contribution in [3.05, 3.63) is 108 Å². The fraction of sp³-hybridized carbons (Fsp3) is 0.120. The monoisotopic (exact) mass is 427 g/mol. The van der Waals surface area contributed by atoms with Crippen LogP contribution < -0.4 is 15.0 Å². The fourth-order valence-electron chi connectivity index (χ4n) is 3.80. The summed E-state index contributed by atoms with van der Waals surface area (Å²) >= 11 is 5.71. The van der Waals surface area contributed by atoms with Gasteiger partial charge in [-0.2, -0.15) is 0 Å². The zero-order valence-corrected chi connectivity index (χ0v) is 17.8. The van der Waals surface area contributed by atoms with Gasteiger partial charge in [0.25, 0.3) is 0 Å². The molecule has 5 nitrogen and oxygen atoms in total. The number of anilines is 1. The molecule has 0 unspecified atom stereocenters. The molecule has 5 rings (SSSR count). The molecular weight excluding hydrogens is 406 g/mol. The van der Waals surface area contributed by atoms with Gasteiger partial charge in [-0.15, -0.1) is 0 Å². The molecule has 0 aliphatic carbocycles. The third-order valence-electron chi connectivity index (χ3n) is 5.30. The van der Waals surface area contributed by atoms with E-state index in [2.05, 4.69) is 22.1 Å². The van der Waals surface area contributed by atoms with Crippen molar-refractivity contribution in [2.75, 3.05) is 4.90 Å². The lowest BCUT2D eigenvalue weighted by atomic mass is 10.0. The molecule has 1 N–H and O–H groups in total. The third kappa shape index (κ3) is 3.90. The number of pyridine rings is 1. The Morgan fingerprint density at radius 1 is 0.935 bits per heavy atom. The van der Waals surface area contributed by atoms with Crippen LogP contribution in [0.25, 0.3) is 0 Å². The zero-order valence-electron chi connectivity index (χ0n) is 16.9. The lowest BCUT2D eigenvalue weighted by molar-refractivity contribution is 0.432. The Balaban J connectivity index is 1.45. The SMILES string of the molecule is Cc1ccc(Oc2ccc(N3C(=S)N[C@H](c4ccccn4)[C@H]3c3ccco3)cc2)cc1. The van der Waals surface area contributed by atoms with E-state index in [-0.39, 0.29) is 12.1 Å². The average Bonchev–Trinajstić information content (AvgIpc) is 3.44. The summed E-state index contributed by atoms with van der Waals surface area (Å²) in [7, 11) is 0. The first-order chi connectivity index (χ1) is 15.2. The largest absolute Gasteiger partial charge is 0.467 e. The summed E-state index contributed by atoms with van der Waals surface area (Å²) < 4.78 is 11.8. The van der Waals surface area contributed by atoms with E-state index < -0.39 is 0 Å². The molecule has 1 saturated heterocycles. The summed E-state index contributed by atoms with van der Waals surface area (Å²) in [5.41, 5.74) is 3.06. The highest BCUT2D eigenvalue weighted by molar-refractivity contribution is 7.80. The van der Waals surface area contributed by atoms with Crippen LogP contribution in [0, 0.1) is 6.92 Å². The number of hydrogen-bond donors (Lipinski definition) is 1. The number of nitrogens with one attached hydrogen (secondary N) is 1. The quantitative estimate of drug-likeness (QED) is 0.397. The number of ether oxygens (including phenoxy) is 1. The highest BCUT2D eigenvalue weighted by Gasteiger charge is 2.42. The van der Waals surface area contributed by atoms with E-state index in [1.807, 2.05) is 78.9 Å². The van der Waals surface area contributed by atoms with Gasteiger partial charge in [0.05, 0.1) is 18.0 Å². The van der Waals surface area contributed by atoms with Crippen molar-refractivity contribution < 1.29 is 9.15 Å². The van der Waals surface area contributed by atoms with Gasteiger partial charge in [-0.05, 0) is 79.8 Å². The first kappa shape index (κ1) is 19.3. The zero-order chi connectivity index (χ0) is 21.2. The predicted molar refractivity (Wildman–Crippen MR) is 124 cm³/mol. The van der Waals surface area contributed by atoms with Crippen LogP contribution in [0.2, 0.25) is 0 Å². The third-order valence-corrected chi connectivity index (χ3v) is 5.62. The van der Waals surface area contributed by atoms with Gasteiger partial charge in [-0.3, -0.25) is 4.98 Å². The number of aromatic nitrogens is 1. The maximum Gasteiger partial charge on any atom is 0.174 e. The Morgan fingerprint density at radius 2 is 1.68 bits per heavy atom. The van der Waals surface area contributed by atoms with E-state index in [1.54, 1.807) is 12.5 Å². The van der Waals surface area contributed by atoms with Crippen LogP contribution in [0.3, 0.4) is 0 Å². The normalized spacial score (nSPS) is 18.1. The van der Waals surface area contributed by atoms with Crippen LogP contribution >= 0.6 is 12.2 Å². The van der Waals surface area contributed by atoms with Crippen LogP contribution in [0.15, 0.2) is 95.7 Å². The summed E-state index contributed by atoms with van der Waals surface area (Å²) in [6.07, 6.45) is 3.47. The Kier molecular flexibility index (Phi) is 5.14.